The van der Waals surface area contributed by atoms with Crippen LogP contribution in [0.15, 0.2) is 60.7 Å². The average molecular weight is 1660 g/mol. The molecule has 1 aliphatic heterocycles. The number of hydrogen-bond acceptors (Lipinski definition) is 24. The van der Waals surface area contributed by atoms with E-state index in [2.05, 4.69) is 90.4 Å². The van der Waals surface area contributed by atoms with E-state index < -0.39 is 241 Å². The minimum atomic E-state index is -1.86. The molecule has 14 amide bonds. The van der Waals surface area contributed by atoms with E-state index in [-0.39, 0.29) is 83.8 Å². The fourth-order valence-electron chi connectivity index (χ4n) is 10.8. The van der Waals surface area contributed by atoms with Gasteiger partial charge >= 0.3 is 5.97 Å². The largest absolute Gasteiger partial charge is 0.480 e. The maximum Gasteiger partial charge on any atom is 0.326 e. The molecule has 15 atom stereocenters. The van der Waals surface area contributed by atoms with Gasteiger partial charge in [-0.05, 0) is 68.4 Å². The molecule has 3 rings (SSSR count). The SMILES string of the molecule is CC[C@H](C)C1NC(=O)[C@H](CCCNC(=N)N)NC(=O)CNC(=O)CNC(=O)[C@H](Cc2ccccc2)NC(=O)[C@@H](C)NC(=O)[C@@H](NC(=O)[C@H](CO)NC(=O)[C@@H](N)CO)CSSCC(C(=O)N[C@@H](Cc2ccccc2)C(=O)N[C@@H](CCCNC(=N)N)C(=O)O)NC(=O)[C@H]([C@@H](C)CC)NC(=O)C(CCCNC(=N)N)NC(=O)[C@H](CO)NC1=O. The Bertz CT molecular complexity index is 3640. The summed E-state index contributed by atoms with van der Waals surface area (Å²) in [6, 6.07) is -4.97. The number of rotatable bonds is 32. The first-order valence-corrected chi connectivity index (χ1v) is 39.6. The Kier molecular flexibility index (Phi) is 44.6. The first-order valence-electron chi connectivity index (χ1n) is 37.1. The highest BCUT2D eigenvalue weighted by Crippen LogP contribution is 2.24. The number of carbonyl (C=O) groups excluding carboxylic acids is 14. The van der Waals surface area contributed by atoms with Crippen molar-refractivity contribution in [3.8, 4) is 0 Å². The molecule has 1 aliphatic rings. The molecule has 1 saturated heterocycles. The molecule has 43 nitrogen and oxygen atoms in total. The molecule has 1 heterocycles. The van der Waals surface area contributed by atoms with Crippen LogP contribution in [0.1, 0.15) is 97.1 Å². The van der Waals surface area contributed by atoms with E-state index in [9.17, 15) is 82.8 Å². The molecule has 0 radical (unpaired) electrons. The molecule has 0 aliphatic carbocycles. The minimum Gasteiger partial charge on any atom is -0.480 e. The summed E-state index contributed by atoms with van der Waals surface area (Å²) in [4.78, 5) is 212. The smallest absolute Gasteiger partial charge is 0.326 e. The van der Waals surface area contributed by atoms with E-state index in [1.54, 1.807) is 88.4 Å². The van der Waals surface area contributed by atoms with E-state index in [0.717, 1.165) is 21.6 Å². The standard InChI is InChI=1S/C70H112N24O19S2/c1-6-36(3)53-65(110)90-48(33-97)61(106)85-43(22-15-25-79-69(74)75)59(104)94-54(37(4)7-2)66(111)92-50(64(109)88-46(28-40-19-12-9-13-20-40)60(105)86-44(67(112)113)23-16-26-80-70(76)77)35-115-114-34-49(91-62(107)47(32-96)89-56(101)41(71)31-95)63(108)83-38(5)55(100)87-45(27-39-17-10-8-11-18-39)57(102)82-29-51(98)81-30-52(99)84-42(58(103)93-53)21-14-24-78-68(72)73/h8-13,17-20,36-38,41-50,53-54,95-97H,6-7,14-16,21-35,71H2,1-5H3,(H,81,98)(H,82,102)(H,83,108)(H,84,99)(H,85,106)(H,86,105)(H,87,100)(H,88,109)(H,89,101)(H,90,110)(H,91,107)(H,92,111)(H,93,103)(H,94,104)(H,112,113)(H4,72,73,78)(H4,74,75,79)(H4,76,77,80)/t36-,37-,38+,41-,42-,43?,44-,45-,46-,47-,48-,49-,50?,53?,54-/m0/s1. The Balaban J connectivity index is 2.34. The number of aliphatic hydroxyl groups excluding tert-OH is 3. The van der Waals surface area contributed by atoms with Crippen molar-refractivity contribution in [2.75, 3.05) is 64.1 Å². The van der Waals surface area contributed by atoms with E-state index in [4.69, 9.17) is 39.2 Å². The number of aliphatic carboxylic acids is 1. The predicted molar refractivity (Wildman–Crippen MR) is 423 cm³/mol. The zero-order valence-electron chi connectivity index (χ0n) is 64.6. The molecular weight excluding hydrogens is 1550 g/mol. The van der Waals surface area contributed by atoms with E-state index in [1.807, 2.05) is 0 Å². The van der Waals surface area contributed by atoms with E-state index >= 15 is 9.59 Å². The molecule has 3 unspecified atom stereocenters. The number of nitrogens with one attached hydrogen (secondary N) is 20. The van der Waals surface area contributed by atoms with Crippen molar-refractivity contribution in [2.24, 2.45) is 34.8 Å². The molecule has 638 valence electrons. The molecule has 2 aromatic carbocycles. The van der Waals surface area contributed by atoms with Crippen molar-refractivity contribution in [3.63, 3.8) is 0 Å². The molecule has 1 fully saturated rings. The monoisotopic (exact) mass is 1660 g/mol. The third-order valence-corrected chi connectivity index (χ3v) is 20.3. The average Bonchev–Trinajstić information content (AvgIpc) is 0.863. The van der Waals surface area contributed by atoms with Crippen molar-refractivity contribution in [1.82, 2.24) is 90.4 Å². The van der Waals surface area contributed by atoms with Crippen LogP contribution in [0.3, 0.4) is 0 Å². The second-order valence-electron chi connectivity index (χ2n) is 27.0. The summed E-state index contributed by atoms with van der Waals surface area (Å²) in [5.74, 6) is -20.0. The van der Waals surface area contributed by atoms with Crippen LogP contribution >= 0.6 is 21.6 Å². The summed E-state index contributed by atoms with van der Waals surface area (Å²) in [5, 5.41) is 106. The van der Waals surface area contributed by atoms with Gasteiger partial charge in [0.2, 0.25) is 82.7 Å². The molecule has 32 N–H and O–H groups in total. The maximum atomic E-state index is 15.1. The van der Waals surface area contributed by atoms with Crippen LogP contribution in [-0.4, -0.2) is 270 Å². The number of carbonyl (C=O) groups is 15. The highest BCUT2D eigenvalue weighted by atomic mass is 33.1. The van der Waals surface area contributed by atoms with Gasteiger partial charge in [-0.1, -0.05) is 123 Å². The van der Waals surface area contributed by atoms with Crippen molar-refractivity contribution < 1.29 is 92.3 Å². The van der Waals surface area contributed by atoms with Crippen LogP contribution in [0.2, 0.25) is 0 Å². The number of guanidine groups is 3. The summed E-state index contributed by atoms with van der Waals surface area (Å²) in [6.07, 6.45) is -0.641. The first-order chi connectivity index (χ1) is 54.6. The fraction of sp³-hybridized carbons (Fsp3) is 0.571. The van der Waals surface area contributed by atoms with Gasteiger partial charge in [-0.15, -0.1) is 0 Å². The predicted octanol–water partition coefficient (Wildman–Crippen LogP) is -8.79. The topological polar surface area (TPSA) is 717 Å². The van der Waals surface area contributed by atoms with Gasteiger partial charge in [-0.25, -0.2) is 4.79 Å². The zero-order chi connectivity index (χ0) is 85.9. The second-order valence-corrected chi connectivity index (χ2v) is 29.5. The van der Waals surface area contributed by atoms with Gasteiger partial charge in [0.15, 0.2) is 17.9 Å². The van der Waals surface area contributed by atoms with Crippen LogP contribution in [0.25, 0.3) is 0 Å². The van der Waals surface area contributed by atoms with Gasteiger partial charge in [-0.3, -0.25) is 83.4 Å². The number of benzene rings is 2. The lowest BCUT2D eigenvalue weighted by Gasteiger charge is -2.30. The van der Waals surface area contributed by atoms with E-state index in [0.29, 0.717) is 11.1 Å². The number of carboxylic acid groups (broad SMARTS) is 1. The van der Waals surface area contributed by atoms with Crippen LogP contribution in [0.4, 0.5) is 0 Å². The molecular formula is C70H112N24O19S2. The first kappa shape index (κ1) is 98.0. The zero-order valence-corrected chi connectivity index (χ0v) is 66.2. The van der Waals surface area contributed by atoms with Crippen molar-refractivity contribution in [1.29, 1.82) is 16.2 Å². The molecule has 2 aromatic rings. The fourth-order valence-corrected chi connectivity index (χ4v) is 13.2. The molecule has 115 heavy (non-hydrogen) atoms. The normalized spacial score (nSPS) is 22.1. The summed E-state index contributed by atoms with van der Waals surface area (Å²) in [7, 11) is 1.51. The molecule has 0 spiro atoms. The number of nitrogens with two attached hydrogens (primary N) is 4. The summed E-state index contributed by atoms with van der Waals surface area (Å²) in [6.45, 7) is 2.96. The van der Waals surface area contributed by atoms with Gasteiger partial charge in [0.1, 0.15) is 78.5 Å². The van der Waals surface area contributed by atoms with Crippen LogP contribution in [0, 0.1) is 28.1 Å². The Hall–Kier alpha value is -11.2. The Morgan fingerprint density at radius 3 is 1.52 bits per heavy atom. The van der Waals surface area contributed by atoms with Gasteiger partial charge in [-0.2, -0.15) is 0 Å². The van der Waals surface area contributed by atoms with Crippen LogP contribution in [-0.2, 0) is 84.8 Å². The van der Waals surface area contributed by atoms with Crippen molar-refractivity contribution in [3.05, 3.63) is 71.8 Å². The second kappa shape index (κ2) is 52.3. The van der Waals surface area contributed by atoms with E-state index in [1.165, 1.54) is 6.92 Å². The van der Waals surface area contributed by atoms with Crippen molar-refractivity contribution >= 4 is 128 Å². The lowest BCUT2D eigenvalue weighted by molar-refractivity contribution is -0.142. The lowest BCUT2D eigenvalue weighted by atomic mass is 9.96. The number of aliphatic hydroxyl groups is 3. The molecule has 45 heteroatoms. The van der Waals surface area contributed by atoms with Crippen molar-refractivity contribution in [2.45, 2.75) is 177 Å². The highest BCUT2D eigenvalue weighted by Gasteiger charge is 2.39. The maximum absolute atomic E-state index is 15.1. The Morgan fingerprint density at radius 1 is 0.513 bits per heavy atom. The Morgan fingerprint density at radius 2 is 1.00 bits per heavy atom. The number of hydrogen-bond donors (Lipinski definition) is 28. The van der Waals surface area contributed by atoms with Gasteiger partial charge < -0.3 is 134 Å². The molecule has 0 bridgehead atoms. The minimum absolute atomic E-state index is 0.0171. The summed E-state index contributed by atoms with van der Waals surface area (Å²) < 4.78 is 0. The molecule has 0 saturated carbocycles. The number of amides is 14. The lowest BCUT2D eigenvalue weighted by Crippen LogP contribution is -2.62. The van der Waals surface area contributed by atoms with Gasteiger partial charge in [0.25, 0.3) is 0 Å². The summed E-state index contributed by atoms with van der Waals surface area (Å²) in [5.41, 5.74) is 23.0. The van der Waals surface area contributed by atoms with Gasteiger partial charge in [0.05, 0.1) is 32.9 Å². The molecule has 0 aromatic heterocycles. The summed E-state index contributed by atoms with van der Waals surface area (Å²) >= 11 is 0. The third-order valence-electron chi connectivity index (χ3n) is 17.9. The van der Waals surface area contributed by atoms with Crippen LogP contribution < -0.4 is 113 Å². The highest BCUT2D eigenvalue weighted by molar-refractivity contribution is 8.76. The quantitative estimate of drug-likeness (QED) is 0.0140. The number of carboxylic acids is 1. The third kappa shape index (κ3) is 36.7. The van der Waals surface area contributed by atoms with Crippen LogP contribution in [0.5, 0.6) is 0 Å². The Labute approximate surface area is 672 Å². The van der Waals surface area contributed by atoms with Gasteiger partial charge in [0, 0.05) is 44.0 Å².